The molecule has 156 valence electrons. The van der Waals surface area contributed by atoms with Gasteiger partial charge in [0.05, 0.1) is 4.91 Å². The van der Waals surface area contributed by atoms with Crippen molar-refractivity contribution in [3.8, 4) is 11.3 Å². The first-order valence-corrected chi connectivity index (χ1v) is 11.2. The van der Waals surface area contributed by atoms with E-state index in [1.165, 1.54) is 23.0 Å². The van der Waals surface area contributed by atoms with Crippen LogP contribution in [0.1, 0.15) is 11.3 Å². The maximum Gasteiger partial charge on any atom is 0.286 e. The zero-order valence-electron chi connectivity index (χ0n) is 17.3. The second kappa shape index (κ2) is 8.47. The fourth-order valence-electron chi connectivity index (χ4n) is 3.76. The van der Waals surface area contributed by atoms with Gasteiger partial charge in [-0.05, 0) is 43.0 Å². The average Bonchev–Trinajstić information content (AvgIpc) is 3.42. The molecule has 1 saturated heterocycles. The lowest BCUT2D eigenvalue weighted by Crippen LogP contribution is -2.47. The molecule has 0 saturated carbocycles. The zero-order chi connectivity index (χ0) is 21.2. The number of thioether (sulfide) groups is 1. The molecule has 3 heterocycles. The van der Waals surface area contributed by atoms with Crippen LogP contribution in [0.15, 0.2) is 81.0 Å². The fourth-order valence-corrected chi connectivity index (χ4v) is 4.71. The number of carbonyl (C=O) groups excluding carboxylic acids is 1. The Kier molecular flexibility index (Phi) is 5.38. The highest BCUT2D eigenvalue weighted by molar-refractivity contribution is 8.18. The number of hydrogen-bond donors (Lipinski definition) is 0. The van der Waals surface area contributed by atoms with Gasteiger partial charge < -0.3 is 14.2 Å². The molecule has 0 radical (unpaired) electrons. The van der Waals surface area contributed by atoms with Gasteiger partial charge in [0, 0.05) is 43.5 Å². The Morgan fingerprint density at radius 3 is 2.35 bits per heavy atom. The number of amidine groups is 1. The Balaban J connectivity index is 1.23. The van der Waals surface area contributed by atoms with Crippen molar-refractivity contribution in [2.45, 2.75) is 6.92 Å². The monoisotopic (exact) mass is 429 g/mol. The molecule has 0 atom stereocenters. The van der Waals surface area contributed by atoms with E-state index in [1.54, 1.807) is 6.08 Å². The number of hydrogen-bond acceptors (Lipinski definition) is 5. The van der Waals surface area contributed by atoms with E-state index in [9.17, 15) is 4.79 Å². The minimum Gasteiger partial charge on any atom is -0.457 e. The summed E-state index contributed by atoms with van der Waals surface area (Å²) < 4.78 is 5.92. The first kappa shape index (κ1) is 19.7. The van der Waals surface area contributed by atoms with E-state index >= 15 is 0 Å². The molecule has 0 aliphatic carbocycles. The number of anilines is 1. The molecule has 2 aromatic carbocycles. The first-order valence-electron chi connectivity index (χ1n) is 10.4. The summed E-state index contributed by atoms with van der Waals surface area (Å²) in [5.74, 6) is 1.25. The molecule has 0 bridgehead atoms. The van der Waals surface area contributed by atoms with E-state index in [2.05, 4.69) is 46.0 Å². The highest BCUT2D eigenvalue weighted by atomic mass is 32.2. The molecule has 2 aliphatic heterocycles. The topological polar surface area (TPSA) is 49.0 Å². The predicted octanol–water partition coefficient (Wildman–Crippen LogP) is 5.05. The van der Waals surface area contributed by atoms with Crippen LogP contribution in [0.2, 0.25) is 0 Å². The number of nitrogens with zero attached hydrogens (tertiary/aromatic N) is 3. The van der Waals surface area contributed by atoms with Crippen LogP contribution in [-0.4, -0.2) is 42.2 Å². The molecular formula is C25H23N3O2S. The lowest BCUT2D eigenvalue weighted by atomic mass is 10.2. The molecule has 1 aromatic heterocycles. The molecule has 5 nitrogen and oxygen atoms in total. The van der Waals surface area contributed by atoms with E-state index in [0.29, 0.717) is 10.7 Å². The molecular weight excluding hydrogens is 406 g/mol. The van der Waals surface area contributed by atoms with Crippen LogP contribution in [0.25, 0.3) is 17.4 Å². The van der Waals surface area contributed by atoms with Gasteiger partial charge in [0.2, 0.25) is 0 Å². The second-order valence-corrected chi connectivity index (χ2v) is 8.70. The Bertz CT molecular complexity index is 1140. The number of furan rings is 1. The highest BCUT2D eigenvalue weighted by Crippen LogP contribution is 2.32. The molecule has 31 heavy (non-hydrogen) atoms. The lowest BCUT2D eigenvalue weighted by Gasteiger charge is -2.36. The predicted molar refractivity (Wildman–Crippen MR) is 127 cm³/mol. The molecule has 2 aliphatic rings. The summed E-state index contributed by atoms with van der Waals surface area (Å²) in [6, 6.07) is 22.4. The molecule has 0 unspecified atom stereocenters. The second-order valence-electron chi connectivity index (χ2n) is 7.69. The first-order chi connectivity index (χ1) is 15.2. The summed E-state index contributed by atoms with van der Waals surface area (Å²) in [4.78, 5) is 22.0. The van der Waals surface area contributed by atoms with Crippen molar-refractivity contribution >= 4 is 34.6 Å². The zero-order valence-corrected chi connectivity index (χ0v) is 18.1. The number of carbonyl (C=O) groups is 1. The van der Waals surface area contributed by atoms with Crippen LogP contribution in [0.4, 0.5) is 5.69 Å². The van der Waals surface area contributed by atoms with Crippen molar-refractivity contribution in [1.82, 2.24) is 4.90 Å². The fraction of sp³-hybridized carbons (Fsp3) is 0.200. The standard InChI is InChI=1S/C25H23N3O2S/c1-18-7-9-20(10-8-18)27-13-15-28(16-14-27)25-26-24(29)23(31-25)17-21-11-12-22(30-21)19-5-3-2-4-6-19/h2-12,17H,13-16H2,1H3/b23-17-. The van der Waals surface area contributed by atoms with Gasteiger partial charge in [-0.25, -0.2) is 0 Å². The van der Waals surface area contributed by atoms with Gasteiger partial charge in [0.25, 0.3) is 5.91 Å². The molecule has 0 spiro atoms. The van der Waals surface area contributed by atoms with Gasteiger partial charge in [-0.1, -0.05) is 48.0 Å². The largest absolute Gasteiger partial charge is 0.457 e. The summed E-state index contributed by atoms with van der Waals surface area (Å²) in [6.45, 7) is 5.62. The lowest BCUT2D eigenvalue weighted by molar-refractivity contribution is -0.113. The Hall–Kier alpha value is -3.25. The quantitative estimate of drug-likeness (QED) is 0.546. The van der Waals surface area contributed by atoms with E-state index in [0.717, 1.165) is 42.7 Å². The molecule has 1 amide bonds. The summed E-state index contributed by atoms with van der Waals surface area (Å²) in [5, 5.41) is 0.787. The van der Waals surface area contributed by atoms with Crippen LogP contribution in [-0.2, 0) is 4.79 Å². The molecule has 1 fully saturated rings. The minimum atomic E-state index is -0.196. The van der Waals surface area contributed by atoms with Gasteiger partial charge in [-0.2, -0.15) is 4.99 Å². The maximum absolute atomic E-state index is 12.5. The van der Waals surface area contributed by atoms with Crippen LogP contribution in [0.3, 0.4) is 0 Å². The van der Waals surface area contributed by atoms with Gasteiger partial charge >= 0.3 is 0 Å². The third-order valence-electron chi connectivity index (χ3n) is 5.52. The number of piperazine rings is 1. The number of benzene rings is 2. The summed E-state index contributed by atoms with van der Waals surface area (Å²) >= 11 is 1.43. The van der Waals surface area contributed by atoms with Crippen molar-refractivity contribution in [1.29, 1.82) is 0 Å². The number of amides is 1. The van der Waals surface area contributed by atoms with Gasteiger partial charge in [-0.3, -0.25) is 4.79 Å². The van der Waals surface area contributed by atoms with Crippen LogP contribution in [0, 0.1) is 6.92 Å². The molecule has 0 N–H and O–H groups in total. The normalized spacial score (nSPS) is 18.0. The van der Waals surface area contributed by atoms with Crippen molar-refractivity contribution in [2.75, 3.05) is 31.1 Å². The van der Waals surface area contributed by atoms with Crippen LogP contribution in [0.5, 0.6) is 0 Å². The van der Waals surface area contributed by atoms with Gasteiger partial charge in [0.15, 0.2) is 5.17 Å². The van der Waals surface area contributed by atoms with Crippen LogP contribution < -0.4 is 4.90 Å². The Morgan fingerprint density at radius 1 is 0.903 bits per heavy atom. The van der Waals surface area contributed by atoms with Crippen molar-refractivity contribution in [2.24, 2.45) is 4.99 Å². The molecule has 5 rings (SSSR count). The van der Waals surface area contributed by atoms with Crippen molar-refractivity contribution in [3.63, 3.8) is 0 Å². The maximum atomic E-state index is 12.5. The van der Waals surface area contributed by atoms with Crippen molar-refractivity contribution < 1.29 is 9.21 Å². The Morgan fingerprint density at radius 2 is 1.61 bits per heavy atom. The summed E-state index contributed by atoms with van der Waals surface area (Å²) in [5.41, 5.74) is 3.53. The highest BCUT2D eigenvalue weighted by Gasteiger charge is 2.28. The van der Waals surface area contributed by atoms with Gasteiger partial charge in [0.1, 0.15) is 11.5 Å². The molecule has 3 aromatic rings. The minimum absolute atomic E-state index is 0.196. The average molecular weight is 430 g/mol. The summed E-state index contributed by atoms with van der Waals surface area (Å²) in [6.07, 6.45) is 1.79. The SMILES string of the molecule is Cc1ccc(N2CCN(C3=NC(=O)/C(=C/c4ccc(-c5ccccc5)o4)S3)CC2)cc1. The van der Waals surface area contributed by atoms with E-state index in [1.807, 2.05) is 42.5 Å². The van der Waals surface area contributed by atoms with E-state index in [-0.39, 0.29) is 5.91 Å². The smallest absolute Gasteiger partial charge is 0.286 e. The number of aliphatic imine (C=N–C) groups is 1. The third-order valence-corrected chi connectivity index (χ3v) is 6.56. The Labute approximate surface area is 186 Å². The third kappa shape index (κ3) is 4.30. The molecule has 6 heteroatoms. The van der Waals surface area contributed by atoms with E-state index < -0.39 is 0 Å². The summed E-state index contributed by atoms with van der Waals surface area (Å²) in [7, 11) is 0. The number of aryl methyl sites for hydroxylation is 1. The van der Waals surface area contributed by atoms with E-state index in [4.69, 9.17) is 4.42 Å². The van der Waals surface area contributed by atoms with Gasteiger partial charge in [-0.15, -0.1) is 0 Å². The number of rotatable bonds is 3. The van der Waals surface area contributed by atoms with Crippen LogP contribution >= 0.6 is 11.8 Å². The van der Waals surface area contributed by atoms with Crippen molar-refractivity contribution in [3.05, 3.63) is 83.0 Å².